The van der Waals surface area contributed by atoms with Gasteiger partial charge in [0.15, 0.2) is 0 Å². The summed E-state index contributed by atoms with van der Waals surface area (Å²) in [5.74, 6) is 0. The number of fused-ring (bicyclic) bond motifs is 1. The molecule has 6 nitrogen and oxygen atoms in total. The van der Waals surface area contributed by atoms with Gasteiger partial charge in [0.2, 0.25) is 0 Å². The van der Waals surface area contributed by atoms with Gasteiger partial charge >= 0.3 is 6.18 Å². The van der Waals surface area contributed by atoms with E-state index in [4.69, 9.17) is 0 Å². The van der Waals surface area contributed by atoms with Crippen LogP contribution in [-0.4, -0.2) is 17.3 Å². The summed E-state index contributed by atoms with van der Waals surface area (Å²) in [7, 11) is -4.99. The Morgan fingerprint density at radius 3 is 2.25 bits per heavy atom. The molecule has 1 aromatic heterocycles. The first-order valence-corrected chi connectivity index (χ1v) is 8.88. The highest BCUT2D eigenvalue weighted by Crippen LogP contribution is 2.39. The van der Waals surface area contributed by atoms with Crippen molar-refractivity contribution in [1.82, 2.24) is 3.97 Å². The summed E-state index contributed by atoms with van der Waals surface area (Å²) in [6.45, 7) is 0. The Morgan fingerprint density at radius 2 is 1.68 bits per heavy atom. The molecule has 0 N–H and O–H groups in total. The van der Waals surface area contributed by atoms with Crippen LogP contribution in [0.3, 0.4) is 0 Å². The Kier molecular flexibility index (Phi) is 4.61. The Hall–Kier alpha value is -3.02. The summed E-state index contributed by atoms with van der Waals surface area (Å²) in [4.78, 5) is 9.02. The van der Waals surface area contributed by atoms with Gasteiger partial charge in [-0.05, 0) is 18.2 Å². The number of nitro groups is 1. The standard InChI is InChI=1S/C16H9F5N2O4S/c17-15(18)9-8-22(11-5-3-6-12(14(9)11)23(24)25)28(26,27)13-7-2-1-4-10(13)16(19,20)21/h1-8,15H. The minimum Gasteiger partial charge on any atom is -0.258 e. The van der Waals surface area contributed by atoms with E-state index in [-0.39, 0.29) is 3.97 Å². The number of rotatable bonds is 4. The Labute approximate surface area is 154 Å². The van der Waals surface area contributed by atoms with Crippen molar-refractivity contribution in [1.29, 1.82) is 0 Å². The van der Waals surface area contributed by atoms with E-state index in [1.807, 2.05) is 0 Å². The van der Waals surface area contributed by atoms with Crippen molar-refractivity contribution >= 4 is 26.6 Å². The molecule has 0 amide bonds. The van der Waals surface area contributed by atoms with Crippen molar-refractivity contribution in [2.75, 3.05) is 0 Å². The first-order chi connectivity index (χ1) is 13.0. The molecule has 0 aliphatic heterocycles. The summed E-state index contributed by atoms with van der Waals surface area (Å²) < 4.78 is 92.5. The van der Waals surface area contributed by atoms with E-state index < -0.39 is 60.2 Å². The van der Waals surface area contributed by atoms with Gasteiger partial charge in [-0.3, -0.25) is 10.1 Å². The largest absolute Gasteiger partial charge is 0.417 e. The maximum Gasteiger partial charge on any atom is 0.417 e. The second kappa shape index (κ2) is 6.55. The van der Waals surface area contributed by atoms with E-state index in [2.05, 4.69) is 0 Å². The molecule has 0 unspecified atom stereocenters. The number of halogens is 5. The number of aromatic nitrogens is 1. The lowest BCUT2D eigenvalue weighted by Crippen LogP contribution is -2.18. The Bertz CT molecular complexity index is 1190. The lowest BCUT2D eigenvalue weighted by molar-refractivity contribution is -0.383. The maximum absolute atomic E-state index is 13.4. The highest BCUT2D eigenvalue weighted by molar-refractivity contribution is 7.90. The molecule has 148 valence electrons. The number of hydrogen-bond donors (Lipinski definition) is 0. The third-order valence-corrected chi connectivity index (χ3v) is 5.70. The summed E-state index contributed by atoms with van der Waals surface area (Å²) in [5, 5.41) is 10.5. The molecule has 0 aliphatic carbocycles. The van der Waals surface area contributed by atoms with Gasteiger partial charge in [-0.1, -0.05) is 18.2 Å². The molecule has 3 aromatic rings. The van der Waals surface area contributed by atoms with E-state index in [1.54, 1.807) is 0 Å². The molecular weight excluding hydrogens is 411 g/mol. The van der Waals surface area contributed by atoms with Gasteiger partial charge in [-0.2, -0.15) is 13.2 Å². The van der Waals surface area contributed by atoms with Gasteiger partial charge in [0.1, 0.15) is 4.90 Å². The van der Waals surface area contributed by atoms with Crippen molar-refractivity contribution in [2.24, 2.45) is 0 Å². The van der Waals surface area contributed by atoms with Crippen LogP contribution in [0.25, 0.3) is 10.9 Å². The molecule has 12 heteroatoms. The van der Waals surface area contributed by atoms with Crippen LogP contribution < -0.4 is 0 Å². The molecule has 0 radical (unpaired) electrons. The number of hydrogen-bond acceptors (Lipinski definition) is 4. The fourth-order valence-electron chi connectivity index (χ4n) is 2.82. The lowest BCUT2D eigenvalue weighted by atomic mass is 10.1. The van der Waals surface area contributed by atoms with Gasteiger partial charge in [0.25, 0.3) is 22.1 Å². The van der Waals surface area contributed by atoms with Crippen LogP contribution >= 0.6 is 0 Å². The van der Waals surface area contributed by atoms with E-state index in [0.29, 0.717) is 18.3 Å². The minimum absolute atomic E-state index is 0.210. The normalized spacial score (nSPS) is 12.6. The van der Waals surface area contributed by atoms with E-state index in [1.165, 1.54) is 0 Å². The Balaban J connectivity index is 2.40. The molecule has 0 fully saturated rings. The van der Waals surface area contributed by atoms with Crippen LogP contribution in [0.15, 0.2) is 53.6 Å². The van der Waals surface area contributed by atoms with Crippen molar-refractivity contribution in [3.05, 3.63) is 69.9 Å². The summed E-state index contributed by atoms with van der Waals surface area (Å²) in [6.07, 6.45) is -7.91. The smallest absolute Gasteiger partial charge is 0.258 e. The second-order valence-electron chi connectivity index (χ2n) is 5.61. The van der Waals surface area contributed by atoms with Crippen molar-refractivity contribution in [3.8, 4) is 0 Å². The third kappa shape index (κ3) is 3.09. The zero-order valence-electron chi connectivity index (χ0n) is 13.5. The van der Waals surface area contributed by atoms with Crippen molar-refractivity contribution in [3.63, 3.8) is 0 Å². The first kappa shape index (κ1) is 19.7. The van der Waals surface area contributed by atoms with Crippen molar-refractivity contribution in [2.45, 2.75) is 17.5 Å². The summed E-state index contributed by atoms with van der Waals surface area (Å²) in [6, 6.07) is 6.20. The monoisotopic (exact) mass is 420 g/mol. The number of nitrogens with zero attached hydrogens (tertiary/aromatic N) is 2. The molecule has 0 bridgehead atoms. The summed E-state index contributed by atoms with van der Waals surface area (Å²) >= 11 is 0. The number of alkyl halides is 5. The first-order valence-electron chi connectivity index (χ1n) is 7.44. The second-order valence-corrected chi connectivity index (χ2v) is 7.39. The van der Waals surface area contributed by atoms with E-state index >= 15 is 0 Å². The fourth-order valence-corrected chi connectivity index (χ4v) is 4.40. The molecule has 0 aliphatic rings. The van der Waals surface area contributed by atoms with Gasteiger partial charge in [0.05, 0.1) is 27.0 Å². The van der Waals surface area contributed by atoms with Crippen LogP contribution in [0, 0.1) is 10.1 Å². The number of benzene rings is 2. The molecule has 3 rings (SSSR count). The van der Waals surface area contributed by atoms with Crippen LogP contribution in [0.2, 0.25) is 0 Å². The van der Waals surface area contributed by atoms with Crippen LogP contribution in [0.4, 0.5) is 27.6 Å². The van der Waals surface area contributed by atoms with Crippen molar-refractivity contribution < 1.29 is 35.3 Å². The summed E-state index contributed by atoms with van der Waals surface area (Å²) in [5.41, 5.74) is -3.77. The molecular formula is C16H9F5N2O4S. The Morgan fingerprint density at radius 1 is 1.04 bits per heavy atom. The molecule has 0 spiro atoms. The average molecular weight is 420 g/mol. The molecule has 2 aromatic carbocycles. The quantitative estimate of drug-likeness (QED) is 0.347. The average Bonchev–Trinajstić information content (AvgIpc) is 3.01. The van der Waals surface area contributed by atoms with E-state index in [0.717, 1.165) is 30.3 Å². The van der Waals surface area contributed by atoms with Gasteiger partial charge in [-0.15, -0.1) is 0 Å². The van der Waals surface area contributed by atoms with Gasteiger partial charge in [-0.25, -0.2) is 21.2 Å². The molecule has 28 heavy (non-hydrogen) atoms. The van der Waals surface area contributed by atoms with Crippen LogP contribution in [0.1, 0.15) is 17.6 Å². The zero-order valence-corrected chi connectivity index (χ0v) is 14.3. The SMILES string of the molecule is O=[N+]([O-])c1cccc2c1c(C(F)F)cn2S(=O)(=O)c1ccccc1C(F)(F)F. The van der Waals surface area contributed by atoms with Gasteiger partial charge in [0, 0.05) is 12.3 Å². The van der Waals surface area contributed by atoms with Gasteiger partial charge < -0.3 is 0 Å². The molecule has 0 saturated carbocycles. The molecule has 0 saturated heterocycles. The predicted octanol–water partition coefficient (Wildman–Crippen LogP) is 4.74. The maximum atomic E-state index is 13.4. The third-order valence-electron chi connectivity index (χ3n) is 3.96. The highest BCUT2D eigenvalue weighted by Gasteiger charge is 2.38. The van der Waals surface area contributed by atoms with E-state index in [9.17, 15) is 40.5 Å². The zero-order chi connectivity index (χ0) is 20.9. The molecule has 1 heterocycles. The van der Waals surface area contributed by atoms with Crippen LogP contribution in [-0.2, 0) is 16.2 Å². The fraction of sp³-hybridized carbons (Fsp3) is 0.125. The molecule has 0 atom stereocenters. The number of nitro benzene ring substituents is 1. The highest BCUT2D eigenvalue weighted by atomic mass is 32.2. The lowest BCUT2D eigenvalue weighted by Gasteiger charge is -2.14. The topological polar surface area (TPSA) is 82.2 Å². The number of non-ortho nitro benzene ring substituents is 1. The van der Waals surface area contributed by atoms with Crippen LogP contribution in [0.5, 0.6) is 0 Å². The predicted molar refractivity (Wildman–Crippen MR) is 87.6 cm³/mol. The minimum atomic E-state index is -5.02.